The molecule has 2 aliphatic rings. The maximum Gasteiger partial charge on any atom is 0.141 e. The first-order valence-corrected chi connectivity index (χ1v) is 9.40. The summed E-state index contributed by atoms with van der Waals surface area (Å²) in [6.07, 6.45) is 4.66. The minimum atomic E-state index is 0.917. The molecule has 1 fully saturated rings. The molecular formula is C17H24N4S. The van der Waals surface area contributed by atoms with E-state index in [1.807, 2.05) is 11.3 Å². The Kier molecular flexibility index (Phi) is 3.78. The number of nitrogens with zero attached hydrogens (tertiary/aromatic N) is 4. The van der Waals surface area contributed by atoms with Crippen molar-refractivity contribution in [2.45, 2.75) is 46.1 Å². The summed E-state index contributed by atoms with van der Waals surface area (Å²) in [6, 6.07) is 0. The number of fused-ring (bicyclic) bond motifs is 3. The second-order valence-electron chi connectivity index (χ2n) is 6.31. The van der Waals surface area contributed by atoms with Crippen molar-refractivity contribution in [3.63, 3.8) is 0 Å². The second kappa shape index (κ2) is 5.78. The van der Waals surface area contributed by atoms with Crippen LogP contribution in [-0.4, -0.2) is 41.0 Å². The van der Waals surface area contributed by atoms with Gasteiger partial charge in [-0.3, -0.25) is 4.90 Å². The SMILES string of the molecule is CCc1nc(N2CCCC2)c2c3c(sc2n1)CN(CC)CC3. The number of anilines is 1. The molecule has 0 unspecified atom stereocenters. The van der Waals surface area contributed by atoms with E-state index >= 15 is 0 Å². The molecule has 1 saturated heterocycles. The molecule has 4 nitrogen and oxygen atoms in total. The van der Waals surface area contributed by atoms with Crippen LogP contribution in [0.15, 0.2) is 0 Å². The van der Waals surface area contributed by atoms with Crippen LogP contribution in [0, 0.1) is 0 Å². The van der Waals surface area contributed by atoms with Gasteiger partial charge in [0.2, 0.25) is 0 Å². The second-order valence-corrected chi connectivity index (χ2v) is 7.40. The van der Waals surface area contributed by atoms with Crippen molar-refractivity contribution >= 4 is 27.4 Å². The molecule has 2 aromatic rings. The van der Waals surface area contributed by atoms with E-state index in [0.29, 0.717) is 0 Å². The van der Waals surface area contributed by atoms with Gasteiger partial charge in [0.25, 0.3) is 0 Å². The Morgan fingerprint density at radius 1 is 1.09 bits per heavy atom. The van der Waals surface area contributed by atoms with Gasteiger partial charge in [0.15, 0.2) is 0 Å². The fourth-order valence-corrected chi connectivity index (χ4v) is 4.93. The number of aryl methyl sites for hydroxylation is 1. The van der Waals surface area contributed by atoms with E-state index in [1.54, 1.807) is 0 Å². The van der Waals surface area contributed by atoms with Crippen molar-refractivity contribution in [2.75, 3.05) is 31.1 Å². The Bertz CT molecular complexity index is 688. The van der Waals surface area contributed by atoms with Gasteiger partial charge in [-0.2, -0.15) is 0 Å². The summed E-state index contributed by atoms with van der Waals surface area (Å²) in [5, 5.41) is 1.37. The number of aromatic nitrogens is 2. The number of thiophene rings is 1. The standard InChI is InChI=1S/C17H24N4S/c1-3-14-18-16(21-8-5-6-9-21)15-12-7-10-20(4-2)11-13(12)22-17(15)19-14/h3-11H2,1-2H3. The maximum absolute atomic E-state index is 4.93. The van der Waals surface area contributed by atoms with Crippen LogP contribution in [0.3, 0.4) is 0 Å². The van der Waals surface area contributed by atoms with Crippen LogP contribution in [0.5, 0.6) is 0 Å². The third-order valence-corrected chi connectivity index (χ3v) is 6.09. The topological polar surface area (TPSA) is 32.3 Å². The number of hydrogen-bond donors (Lipinski definition) is 0. The highest BCUT2D eigenvalue weighted by Gasteiger charge is 2.26. The number of rotatable bonds is 3. The molecule has 0 amide bonds. The summed E-state index contributed by atoms with van der Waals surface area (Å²) in [5.74, 6) is 2.22. The van der Waals surface area contributed by atoms with Gasteiger partial charge >= 0.3 is 0 Å². The summed E-state index contributed by atoms with van der Waals surface area (Å²) in [6.45, 7) is 10.1. The predicted octanol–water partition coefficient (Wildman–Crippen LogP) is 3.23. The summed E-state index contributed by atoms with van der Waals surface area (Å²) in [4.78, 5) is 17.5. The first kappa shape index (κ1) is 14.4. The molecule has 4 heterocycles. The Balaban J connectivity index is 1.87. The molecule has 0 atom stereocenters. The van der Waals surface area contributed by atoms with Gasteiger partial charge in [0.05, 0.1) is 5.39 Å². The number of hydrogen-bond acceptors (Lipinski definition) is 5. The third-order valence-electron chi connectivity index (χ3n) is 4.98. The minimum Gasteiger partial charge on any atom is -0.356 e. The van der Waals surface area contributed by atoms with Gasteiger partial charge < -0.3 is 4.90 Å². The largest absolute Gasteiger partial charge is 0.356 e. The van der Waals surface area contributed by atoms with Gasteiger partial charge in [-0.15, -0.1) is 11.3 Å². The zero-order valence-electron chi connectivity index (χ0n) is 13.6. The van der Waals surface area contributed by atoms with Gasteiger partial charge in [-0.25, -0.2) is 9.97 Å². The molecule has 0 aliphatic carbocycles. The summed E-state index contributed by atoms with van der Waals surface area (Å²) in [5.41, 5.74) is 1.54. The van der Waals surface area contributed by atoms with E-state index in [4.69, 9.17) is 9.97 Å². The molecule has 2 aromatic heterocycles. The highest BCUT2D eigenvalue weighted by molar-refractivity contribution is 7.19. The van der Waals surface area contributed by atoms with Crippen LogP contribution in [-0.2, 0) is 19.4 Å². The molecule has 2 aliphatic heterocycles. The van der Waals surface area contributed by atoms with E-state index in [9.17, 15) is 0 Å². The fraction of sp³-hybridized carbons (Fsp3) is 0.647. The van der Waals surface area contributed by atoms with Gasteiger partial charge in [-0.05, 0) is 31.4 Å². The van der Waals surface area contributed by atoms with Crippen LogP contribution < -0.4 is 4.90 Å². The van der Waals surface area contributed by atoms with Crippen LogP contribution in [0.25, 0.3) is 10.2 Å². The van der Waals surface area contributed by atoms with Crippen molar-refractivity contribution in [1.82, 2.24) is 14.9 Å². The highest BCUT2D eigenvalue weighted by atomic mass is 32.1. The van der Waals surface area contributed by atoms with E-state index in [1.165, 1.54) is 45.9 Å². The molecule has 0 radical (unpaired) electrons. The molecule has 118 valence electrons. The monoisotopic (exact) mass is 316 g/mol. The lowest BCUT2D eigenvalue weighted by molar-refractivity contribution is 0.272. The van der Waals surface area contributed by atoms with E-state index in [2.05, 4.69) is 23.6 Å². The molecule has 22 heavy (non-hydrogen) atoms. The van der Waals surface area contributed by atoms with E-state index < -0.39 is 0 Å². The quantitative estimate of drug-likeness (QED) is 0.870. The lowest BCUT2D eigenvalue weighted by Gasteiger charge is -2.26. The lowest BCUT2D eigenvalue weighted by Crippen LogP contribution is -2.29. The third kappa shape index (κ3) is 2.31. The highest BCUT2D eigenvalue weighted by Crippen LogP contribution is 2.39. The van der Waals surface area contributed by atoms with Crippen molar-refractivity contribution in [2.24, 2.45) is 0 Å². The first-order chi connectivity index (χ1) is 10.8. The van der Waals surface area contributed by atoms with Crippen molar-refractivity contribution in [3.05, 3.63) is 16.3 Å². The molecular weight excluding hydrogens is 292 g/mol. The fourth-order valence-electron chi connectivity index (χ4n) is 3.66. The molecule has 0 aromatic carbocycles. The summed E-state index contributed by atoms with van der Waals surface area (Å²) in [7, 11) is 0. The van der Waals surface area contributed by atoms with Crippen LogP contribution in [0.2, 0.25) is 0 Å². The molecule has 0 bridgehead atoms. The van der Waals surface area contributed by atoms with Gasteiger partial charge in [0.1, 0.15) is 16.5 Å². The Morgan fingerprint density at radius 2 is 1.91 bits per heavy atom. The van der Waals surface area contributed by atoms with Crippen LogP contribution in [0.1, 0.15) is 43.0 Å². The van der Waals surface area contributed by atoms with Crippen molar-refractivity contribution in [3.8, 4) is 0 Å². The van der Waals surface area contributed by atoms with Crippen LogP contribution >= 0.6 is 11.3 Å². The minimum absolute atomic E-state index is 0.917. The Hall–Kier alpha value is -1.20. The zero-order valence-corrected chi connectivity index (χ0v) is 14.4. The van der Waals surface area contributed by atoms with Crippen LogP contribution in [0.4, 0.5) is 5.82 Å². The van der Waals surface area contributed by atoms with Crippen molar-refractivity contribution < 1.29 is 0 Å². The van der Waals surface area contributed by atoms with Gasteiger partial charge in [-0.1, -0.05) is 13.8 Å². The molecule has 0 N–H and O–H groups in total. The smallest absolute Gasteiger partial charge is 0.141 e. The predicted molar refractivity (Wildman–Crippen MR) is 92.9 cm³/mol. The summed E-state index contributed by atoms with van der Waals surface area (Å²) < 4.78 is 0. The van der Waals surface area contributed by atoms with E-state index in [-0.39, 0.29) is 0 Å². The average molecular weight is 316 g/mol. The zero-order chi connectivity index (χ0) is 15.1. The maximum atomic E-state index is 4.93. The number of likely N-dealkylation sites (N-methyl/N-ethyl adjacent to an activating group) is 1. The Morgan fingerprint density at radius 3 is 2.64 bits per heavy atom. The van der Waals surface area contributed by atoms with E-state index in [0.717, 1.165) is 44.8 Å². The van der Waals surface area contributed by atoms with Crippen molar-refractivity contribution in [1.29, 1.82) is 0 Å². The molecule has 4 rings (SSSR count). The Labute approximate surface area is 136 Å². The summed E-state index contributed by atoms with van der Waals surface area (Å²) >= 11 is 1.90. The lowest BCUT2D eigenvalue weighted by atomic mass is 10.0. The first-order valence-electron chi connectivity index (χ1n) is 8.58. The molecule has 0 saturated carbocycles. The average Bonchev–Trinajstić information content (AvgIpc) is 3.20. The molecule has 0 spiro atoms. The normalized spacial score (nSPS) is 19.1. The van der Waals surface area contributed by atoms with Gasteiger partial charge in [0, 0.05) is 37.5 Å². The molecule has 5 heteroatoms.